The number of para-hydroxylation sites is 1. The molecule has 0 fully saturated rings. The van der Waals surface area contributed by atoms with Gasteiger partial charge in [0, 0.05) is 17.2 Å². The standard InChI is InChI=1S/C21H23NO4S/c1-5-26-21(23)20-18(14-9-11-15(12-10-14)27(4,24)25)17-8-6-7-16(13(2)3)19(17)22-20/h6-13,22H,5H2,1-4H3. The van der Waals surface area contributed by atoms with Gasteiger partial charge in [-0.2, -0.15) is 0 Å². The molecule has 0 aliphatic rings. The van der Waals surface area contributed by atoms with Gasteiger partial charge in [-0.25, -0.2) is 13.2 Å². The third-order valence-electron chi connectivity index (χ3n) is 4.54. The van der Waals surface area contributed by atoms with Crippen molar-refractivity contribution in [2.75, 3.05) is 12.9 Å². The number of benzene rings is 2. The number of ether oxygens (including phenoxy) is 1. The number of hydrogen-bond donors (Lipinski definition) is 1. The number of carbonyl (C=O) groups excluding carboxylic acids is 1. The van der Waals surface area contributed by atoms with Crippen LogP contribution in [-0.4, -0.2) is 32.2 Å². The largest absolute Gasteiger partial charge is 0.461 e. The Morgan fingerprint density at radius 2 is 1.78 bits per heavy atom. The summed E-state index contributed by atoms with van der Waals surface area (Å²) in [6.07, 6.45) is 1.17. The Labute approximate surface area is 159 Å². The van der Waals surface area contributed by atoms with Gasteiger partial charge in [0.25, 0.3) is 0 Å². The van der Waals surface area contributed by atoms with E-state index in [1.807, 2.05) is 18.2 Å². The van der Waals surface area contributed by atoms with Gasteiger partial charge in [-0.15, -0.1) is 0 Å². The quantitative estimate of drug-likeness (QED) is 0.654. The first kappa shape index (κ1) is 19.2. The second-order valence-electron chi connectivity index (χ2n) is 6.82. The van der Waals surface area contributed by atoms with Crippen molar-refractivity contribution in [1.29, 1.82) is 0 Å². The number of aromatic amines is 1. The van der Waals surface area contributed by atoms with Gasteiger partial charge in [0.15, 0.2) is 9.84 Å². The van der Waals surface area contributed by atoms with E-state index < -0.39 is 15.8 Å². The van der Waals surface area contributed by atoms with E-state index in [1.54, 1.807) is 31.2 Å². The molecule has 0 aliphatic carbocycles. The summed E-state index contributed by atoms with van der Waals surface area (Å²) < 4.78 is 28.7. The van der Waals surface area contributed by atoms with Crippen LogP contribution in [0.25, 0.3) is 22.0 Å². The Morgan fingerprint density at radius 1 is 1.11 bits per heavy atom. The van der Waals surface area contributed by atoms with E-state index in [9.17, 15) is 13.2 Å². The number of fused-ring (bicyclic) bond motifs is 1. The molecule has 0 bridgehead atoms. The summed E-state index contributed by atoms with van der Waals surface area (Å²) in [5, 5.41) is 0.913. The molecule has 0 radical (unpaired) electrons. The summed E-state index contributed by atoms with van der Waals surface area (Å²) in [4.78, 5) is 16.1. The van der Waals surface area contributed by atoms with Gasteiger partial charge in [0.1, 0.15) is 5.69 Å². The number of esters is 1. The highest BCUT2D eigenvalue weighted by atomic mass is 32.2. The topological polar surface area (TPSA) is 76.2 Å². The van der Waals surface area contributed by atoms with E-state index in [0.717, 1.165) is 27.6 Å². The monoisotopic (exact) mass is 385 g/mol. The van der Waals surface area contributed by atoms with Crippen LogP contribution in [0.5, 0.6) is 0 Å². The van der Waals surface area contributed by atoms with Crippen LogP contribution in [0.1, 0.15) is 42.7 Å². The number of rotatable bonds is 5. The van der Waals surface area contributed by atoms with Crippen LogP contribution in [0, 0.1) is 0 Å². The molecule has 3 rings (SSSR count). The average molecular weight is 385 g/mol. The zero-order valence-corrected chi connectivity index (χ0v) is 16.7. The third kappa shape index (κ3) is 3.62. The minimum Gasteiger partial charge on any atom is -0.461 e. The SMILES string of the molecule is CCOC(=O)c1[nH]c2c(C(C)C)cccc2c1-c1ccc(S(C)(=O)=O)cc1. The van der Waals surface area contributed by atoms with Gasteiger partial charge < -0.3 is 9.72 Å². The van der Waals surface area contributed by atoms with Crippen LogP contribution in [0.2, 0.25) is 0 Å². The molecular formula is C21H23NO4S. The lowest BCUT2D eigenvalue weighted by Gasteiger charge is -2.08. The minimum atomic E-state index is -3.28. The van der Waals surface area contributed by atoms with Crippen molar-refractivity contribution >= 4 is 26.7 Å². The molecule has 2 aromatic carbocycles. The molecule has 1 aromatic heterocycles. The molecule has 0 spiro atoms. The number of hydrogen-bond acceptors (Lipinski definition) is 4. The summed E-state index contributed by atoms with van der Waals surface area (Å²) in [5.74, 6) is -0.145. The molecule has 0 saturated carbocycles. The number of sulfone groups is 1. The van der Waals surface area contributed by atoms with Crippen LogP contribution in [0.3, 0.4) is 0 Å². The second kappa shape index (κ2) is 7.19. The van der Waals surface area contributed by atoms with Gasteiger partial charge in [-0.05, 0) is 36.1 Å². The van der Waals surface area contributed by atoms with Crippen LogP contribution >= 0.6 is 0 Å². The van der Waals surface area contributed by atoms with E-state index in [1.165, 1.54) is 6.26 Å². The molecule has 0 unspecified atom stereocenters. The first-order chi connectivity index (χ1) is 12.7. The predicted octanol–water partition coefficient (Wildman–Crippen LogP) is 4.54. The second-order valence-corrected chi connectivity index (χ2v) is 8.83. The maximum Gasteiger partial charge on any atom is 0.355 e. The number of nitrogens with one attached hydrogen (secondary N) is 1. The van der Waals surface area contributed by atoms with Crippen molar-refractivity contribution in [3.8, 4) is 11.1 Å². The Balaban J connectivity index is 2.28. The lowest BCUT2D eigenvalue weighted by molar-refractivity contribution is 0.0521. The van der Waals surface area contributed by atoms with E-state index in [-0.39, 0.29) is 17.4 Å². The number of carbonyl (C=O) groups is 1. The van der Waals surface area contributed by atoms with Crippen molar-refractivity contribution in [2.24, 2.45) is 0 Å². The van der Waals surface area contributed by atoms with Crippen molar-refractivity contribution in [3.63, 3.8) is 0 Å². The molecule has 5 nitrogen and oxygen atoms in total. The van der Waals surface area contributed by atoms with Crippen LogP contribution in [0.15, 0.2) is 47.4 Å². The van der Waals surface area contributed by atoms with Crippen LogP contribution in [-0.2, 0) is 14.6 Å². The molecule has 3 aromatic rings. The Morgan fingerprint density at radius 3 is 2.33 bits per heavy atom. The normalized spacial score (nSPS) is 11.9. The first-order valence-electron chi connectivity index (χ1n) is 8.86. The van der Waals surface area contributed by atoms with Crippen LogP contribution < -0.4 is 0 Å². The molecule has 1 N–H and O–H groups in total. The maximum atomic E-state index is 12.6. The smallest absolute Gasteiger partial charge is 0.355 e. The molecule has 0 aliphatic heterocycles. The third-order valence-corrected chi connectivity index (χ3v) is 5.67. The molecular weight excluding hydrogens is 362 g/mol. The van der Waals surface area contributed by atoms with Crippen molar-refractivity contribution in [1.82, 2.24) is 4.98 Å². The average Bonchev–Trinajstić information content (AvgIpc) is 3.00. The number of H-pyrrole nitrogens is 1. The molecule has 0 saturated heterocycles. The van der Waals surface area contributed by atoms with Crippen LogP contribution in [0.4, 0.5) is 0 Å². The van der Waals surface area contributed by atoms with Gasteiger partial charge >= 0.3 is 5.97 Å². The lowest BCUT2D eigenvalue weighted by atomic mass is 9.97. The number of aromatic nitrogens is 1. The van der Waals surface area contributed by atoms with Gasteiger partial charge in [0.05, 0.1) is 17.0 Å². The van der Waals surface area contributed by atoms with Crippen molar-refractivity contribution < 1.29 is 17.9 Å². The fourth-order valence-electron chi connectivity index (χ4n) is 3.25. The summed E-state index contributed by atoms with van der Waals surface area (Å²) in [6.45, 7) is 6.23. The summed E-state index contributed by atoms with van der Waals surface area (Å²) in [5.41, 5.74) is 3.88. The highest BCUT2D eigenvalue weighted by molar-refractivity contribution is 7.90. The van der Waals surface area contributed by atoms with E-state index in [4.69, 9.17) is 4.74 Å². The van der Waals surface area contributed by atoms with Crippen molar-refractivity contribution in [2.45, 2.75) is 31.6 Å². The summed E-state index contributed by atoms with van der Waals surface area (Å²) in [7, 11) is -3.28. The highest BCUT2D eigenvalue weighted by Gasteiger charge is 2.22. The molecule has 142 valence electrons. The zero-order chi connectivity index (χ0) is 19.8. The van der Waals surface area contributed by atoms with Crippen molar-refractivity contribution in [3.05, 3.63) is 53.7 Å². The van der Waals surface area contributed by atoms with E-state index in [0.29, 0.717) is 5.69 Å². The Bertz CT molecular complexity index is 1090. The molecule has 6 heteroatoms. The summed E-state index contributed by atoms with van der Waals surface area (Å²) in [6, 6.07) is 12.5. The Hall–Kier alpha value is -2.60. The van der Waals surface area contributed by atoms with E-state index in [2.05, 4.69) is 18.8 Å². The maximum absolute atomic E-state index is 12.6. The lowest BCUT2D eigenvalue weighted by Crippen LogP contribution is -2.06. The minimum absolute atomic E-state index is 0.242. The van der Waals surface area contributed by atoms with Gasteiger partial charge in [-0.3, -0.25) is 0 Å². The fourth-order valence-corrected chi connectivity index (χ4v) is 3.88. The fraction of sp³-hybridized carbons (Fsp3) is 0.286. The Kier molecular flexibility index (Phi) is 5.11. The molecule has 27 heavy (non-hydrogen) atoms. The molecule has 1 heterocycles. The van der Waals surface area contributed by atoms with Gasteiger partial charge in [-0.1, -0.05) is 44.2 Å². The molecule has 0 atom stereocenters. The summed E-state index contributed by atoms with van der Waals surface area (Å²) >= 11 is 0. The predicted molar refractivity (Wildman–Crippen MR) is 107 cm³/mol. The van der Waals surface area contributed by atoms with E-state index >= 15 is 0 Å². The highest BCUT2D eigenvalue weighted by Crippen LogP contribution is 2.36. The van der Waals surface area contributed by atoms with Gasteiger partial charge in [0.2, 0.25) is 0 Å². The first-order valence-corrected chi connectivity index (χ1v) is 10.7. The molecule has 0 amide bonds. The zero-order valence-electron chi connectivity index (χ0n) is 15.9.